The number of benzene rings is 3. The average molecular weight is 627 g/mol. The molecule has 0 bridgehead atoms. The molecule has 1 fully saturated rings. The number of carbonyl (C=O) groups is 1. The van der Waals surface area contributed by atoms with E-state index in [1.807, 2.05) is 0 Å². The zero-order chi connectivity index (χ0) is 32.6. The fourth-order valence-electron chi connectivity index (χ4n) is 4.52. The van der Waals surface area contributed by atoms with Crippen LogP contribution in [0.5, 0.6) is 40.2 Å². The lowest BCUT2D eigenvalue weighted by atomic mass is 9.99. The molecule has 1 aliphatic rings. The summed E-state index contributed by atoms with van der Waals surface area (Å²) in [7, 11) is 0. The number of phenolic OH excluding ortho intramolecular Hbond substituents is 6. The number of hydrogen-bond donors (Lipinski definition) is 9. The molecular formula is C30H26O15. The summed E-state index contributed by atoms with van der Waals surface area (Å²) in [6.45, 7) is -0.667. The SMILES string of the molecule is O=C(/C=C/c1ccc(O)c(O)c1)OC[C@H]1O[C@@H](Oc2c(-c3ccc(O)c(O)c3)oc3cc(O)cc(O)c3c2=O)[C@H](O)[C@@H](O)[C@H]1O. The van der Waals surface area contributed by atoms with E-state index < -0.39 is 94.4 Å². The fourth-order valence-corrected chi connectivity index (χ4v) is 4.52. The Morgan fingerprint density at radius 2 is 1.49 bits per heavy atom. The molecule has 45 heavy (non-hydrogen) atoms. The molecule has 1 aliphatic heterocycles. The van der Waals surface area contributed by atoms with Gasteiger partial charge in [-0.25, -0.2) is 4.79 Å². The summed E-state index contributed by atoms with van der Waals surface area (Å²) in [6.07, 6.45) is -6.85. The van der Waals surface area contributed by atoms with Crippen molar-refractivity contribution in [3.05, 3.63) is 70.4 Å². The number of aliphatic hydroxyl groups excluding tert-OH is 3. The Bertz CT molecular complexity index is 1850. The second-order valence-corrected chi connectivity index (χ2v) is 9.98. The van der Waals surface area contributed by atoms with Gasteiger partial charge in [-0.2, -0.15) is 0 Å². The molecule has 0 amide bonds. The third-order valence-corrected chi connectivity index (χ3v) is 6.86. The molecule has 0 aliphatic carbocycles. The highest BCUT2D eigenvalue weighted by molar-refractivity contribution is 5.88. The molecule has 5 atom stereocenters. The van der Waals surface area contributed by atoms with Gasteiger partial charge in [-0.05, 0) is 42.0 Å². The van der Waals surface area contributed by atoms with Crippen LogP contribution in [-0.2, 0) is 14.3 Å². The van der Waals surface area contributed by atoms with Crippen LogP contribution in [0.3, 0.4) is 0 Å². The molecule has 9 N–H and O–H groups in total. The van der Waals surface area contributed by atoms with Gasteiger partial charge < -0.3 is 64.6 Å². The van der Waals surface area contributed by atoms with Crippen LogP contribution in [0.15, 0.2) is 63.8 Å². The maximum Gasteiger partial charge on any atom is 0.330 e. The van der Waals surface area contributed by atoms with Gasteiger partial charge in [-0.3, -0.25) is 4.79 Å². The normalized spacial score (nSPS) is 21.6. The van der Waals surface area contributed by atoms with E-state index in [1.54, 1.807) is 0 Å². The topological polar surface area (TPSA) is 257 Å². The van der Waals surface area contributed by atoms with Crippen LogP contribution in [-0.4, -0.2) is 89.2 Å². The summed E-state index contributed by atoms with van der Waals surface area (Å²) in [4.78, 5) is 25.8. The van der Waals surface area contributed by atoms with E-state index in [0.29, 0.717) is 5.56 Å². The van der Waals surface area contributed by atoms with E-state index in [0.717, 1.165) is 30.3 Å². The van der Waals surface area contributed by atoms with E-state index in [4.69, 9.17) is 18.6 Å². The minimum absolute atomic E-state index is 0.0350. The number of phenols is 6. The maximum atomic E-state index is 13.6. The van der Waals surface area contributed by atoms with Crippen LogP contribution in [0.2, 0.25) is 0 Å². The maximum absolute atomic E-state index is 13.6. The number of fused-ring (bicyclic) bond motifs is 1. The lowest BCUT2D eigenvalue weighted by Crippen LogP contribution is -2.60. The Hall–Kier alpha value is -5.48. The minimum Gasteiger partial charge on any atom is -0.508 e. The molecule has 0 saturated carbocycles. The van der Waals surface area contributed by atoms with E-state index in [-0.39, 0.29) is 16.9 Å². The quantitative estimate of drug-likeness (QED) is 0.0791. The van der Waals surface area contributed by atoms with Crippen molar-refractivity contribution in [1.29, 1.82) is 0 Å². The van der Waals surface area contributed by atoms with Crippen LogP contribution in [0.1, 0.15) is 5.56 Å². The molecule has 236 valence electrons. The Morgan fingerprint density at radius 3 is 2.18 bits per heavy atom. The predicted molar refractivity (Wildman–Crippen MR) is 152 cm³/mol. The van der Waals surface area contributed by atoms with Crippen molar-refractivity contribution in [2.45, 2.75) is 30.7 Å². The molecule has 15 heteroatoms. The summed E-state index contributed by atoms with van der Waals surface area (Å²) >= 11 is 0. The summed E-state index contributed by atoms with van der Waals surface area (Å²) in [5.41, 5.74) is -1.02. The first kappa shape index (κ1) is 31.0. The zero-order valence-electron chi connectivity index (χ0n) is 22.8. The fraction of sp³-hybridized carbons (Fsp3) is 0.200. The van der Waals surface area contributed by atoms with Gasteiger partial charge in [0.2, 0.25) is 17.5 Å². The van der Waals surface area contributed by atoms with E-state index in [1.165, 1.54) is 30.3 Å². The van der Waals surface area contributed by atoms with Crippen molar-refractivity contribution in [3.8, 4) is 51.6 Å². The smallest absolute Gasteiger partial charge is 0.330 e. The lowest BCUT2D eigenvalue weighted by Gasteiger charge is -2.39. The summed E-state index contributed by atoms with van der Waals surface area (Å²) in [5.74, 6) is -5.06. The van der Waals surface area contributed by atoms with Crippen LogP contribution >= 0.6 is 0 Å². The Kier molecular flexibility index (Phi) is 8.43. The molecule has 0 unspecified atom stereocenters. The molecule has 0 spiro atoms. The molecular weight excluding hydrogens is 600 g/mol. The minimum atomic E-state index is -1.97. The van der Waals surface area contributed by atoms with E-state index in [2.05, 4.69) is 0 Å². The second-order valence-electron chi connectivity index (χ2n) is 9.98. The molecule has 1 aromatic heterocycles. The second kappa shape index (κ2) is 12.3. The van der Waals surface area contributed by atoms with Crippen LogP contribution in [0.25, 0.3) is 28.4 Å². The molecule has 1 saturated heterocycles. The van der Waals surface area contributed by atoms with Crippen LogP contribution in [0.4, 0.5) is 0 Å². The molecule has 0 radical (unpaired) electrons. The molecule has 4 aromatic rings. The van der Waals surface area contributed by atoms with Crippen molar-refractivity contribution < 1.29 is 69.4 Å². The number of hydrogen-bond acceptors (Lipinski definition) is 15. The first-order valence-electron chi connectivity index (χ1n) is 13.1. The van der Waals surface area contributed by atoms with Gasteiger partial charge in [0.15, 0.2) is 28.8 Å². The standard InChI is InChI=1S/C30H26O15/c31-14-9-19(36)23-20(10-14)43-28(13-3-5-16(33)18(35)8-13)29(25(23)39)45-30-27(41)26(40)24(38)21(44-30)11-42-22(37)6-2-12-1-4-15(32)17(34)7-12/h1-10,21,24,26-27,30-36,38,40-41H,11H2/b6-2+/t21-,24+,26+,27-,30+/m1/s1. The molecule has 3 aromatic carbocycles. The van der Waals surface area contributed by atoms with Gasteiger partial charge in [0.25, 0.3) is 0 Å². The first-order valence-corrected chi connectivity index (χ1v) is 13.1. The van der Waals surface area contributed by atoms with Crippen molar-refractivity contribution in [2.24, 2.45) is 0 Å². The number of esters is 1. The van der Waals surface area contributed by atoms with Gasteiger partial charge >= 0.3 is 5.97 Å². The third kappa shape index (κ3) is 6.27. The highest BCUT2D eigenvalue weighted by atomic mass is 16.7. The largest absolute Gasteiger partial charge is 0.508 e. The van der Waals surface area contributed by atoms with Crippen molar-refractivity contribution in [3.63, 3.8) is 0 Å². The number of carbonyl (C=O) groups excluding carboxylic acids is 1. The van der Waals surface area contributed by atoms with Crippen molar-refractivity contribution in [1.82, 2.24) is 0 Å². The molecule has 2 heterocycles. The highest BCUT2D eigenvalue weighted by Gasteiger charge is 2.46. The van der Waals surface area contributed by atoms with Crippen molar-refractivity contribution in [2.75, 3.05) is 6.61 Å². The van der Waals surface area contributed by atoms with Crippen LogP contribution in [0, 0.1) is 0 Å². The monoisotopic (exact) mass is 626 g/mol. The Balaban J connectivity index is 1.43. The van der Waals surface area contributed by atoms with E-state index in [9.17, 15) is 55.5 Å². The van der Waals surface area contributed by atoms with Gasteiger partial charge in [0.1, 0.15) is 53.5 Å². The Labute approximate surface area is 251 Å². The Morgan fingerprint density at radius 1 is 0.800 bits per heavy atom. The average Bonchev–Trinajstić information content (AvgIpc) is 2.99. The number of rotatable bonds is 7. The highest BCUT2D eigenvalue weighted by Crippen LogP contribution is 2.39. The van der Waals surface area contributed by atoms with Crippen LogP contribution < -0.4 is 10.2 Å². The van der Waals surface area contributed by atoms with Gasteiger partial charge in [-0.15, -0.1) is 0 Å². The number of aromatic hydroxyl groups is 6. The molecule has 5 rings (SSSR count). The molecule has 15 nitrogen and oxygen atoms in total. The van der Waals surface area contributed by atoms with Gasteiger partial charge in [0.05, 0.1) is 0 Å². The van der Waals surface area contributed by atoms with Gasteiger partial charge in [0, 0.05) is 23.8 Å². The van der Waals surface area contributed by atoms with E-state index >= 15 is 0 Å². The summed E-state index contributed by atoms with van der Waals surface area (Å²) in [6, 6.07) is 9.02. The van der Waals surface area contributed by atoms with Crippen molar-refractivity contribution >= 4 is 23.0 Å². The first-order chi connectivity index (χ1) is 21.3. The number of ether oxygens (including phenoxy) is 3. The summed E-state index contributed by atoms with van der Waals surface area (Å²) in [5, 5.41) is 90.2. The number of aliphatic hydroxyl groups is 3. The zero-order valence-corrected chi connectivity index (χ0v) is 22.8. The summed E-state index contributed by atoms with van der Waals surface area (Å²) < 4.78 is 22.0. The predicted octanol–water partition coefficient (Wildman–Crippen LogP) is 1.14. The van der Waals surface area contributed by atoms with Gasteiger partial charge in [-0.1, -0.05) is 6.07 Å². The third-order valence-electron chi connectivity index (χ3n) is 6.86. The lowest BCUT2D eigenvalue weighted by molar-refractivity contribution is -0.278.